The van der Waals surface area contributed by atoms with Gasteiger partial charge in [0, 0.05) is 13.0 Å². The number of phosphoric acid groups is 1. The Kier molecular flexibility index (Phi) is 11.6. The Labute approximate surface area is 260 Å². The minimum Gasteiger partial charge on any atom is -0.393 e. The van der Waals surface area contributed by atoms with Crippen LogP contribution in [0.3, 0.4) is 0 Å². The largest absolute Gasteiger partial charge is 0.481 e. The fraction of sp³-hybridized carbons (Fsp3) is 0.727. The quantitative estimate of drug-likeness (QED) is 0.136. The van der Waals surface area contributed by atoms with Crippen molar-refractivity contribution in [3.8, 4) is 0 Å². The summed E-state index contributed by atoms with van der Waals surface area (Å²) in [4.78, 5) is 31.8. The molecule has 0 aromatic carbocycles. The van der Waals surface area contributed by atoms with Crippen LogP contribution in [0.15, 0.2) is 22.7 Å². The van der Waals surface area contributed by atoms with Crippen molar-refractivity contribution < 1.29 is 66.7 Å². The van der Waals surface area contributed by atoms with E-state index in [4.69, 9.17) is 50.2 Å². The number of phosphoric ester groups is 1. The maximum atomic E-state index is 14.0. The minimum atomic E-state index is -5.40. The molecule has 0 saturated carbocycles. The van der Waals surface area contributed by atoms with Crippen molar-refractivity contribution in [3.05, 3.63) is 23.5 Å². The first-order chi connectivity index (χ1) is 20.6. The molecule has 22 heteroatoms. The Morgan fingerprint density at radius 2 is 1.98 bits per heavy atom. The summed E-state index contributed by atoms with van der Waals surface area (Å²) in [5, 5.41) is 41.4. The van der Waals surface area contributed by atoms with Crippen molar-refractivity contribution in [1.82, 2.24) is 14.9 Å². The first-order valence-corrected chi connectivity index (χ1v) is 18.0. The molecular formula is C22H35FN4O13P2S2. The van der Waals surface area contributed by atoms with Crippen LogP contribution < -0.4 is 5.73 Å². The number of anilines is 1. The van der Waals surface area contributed by atoms with E-state index < -0.39 is 94.9 Å². The number of hydrogen-bond acceptors (Lipinski definition) is 17. The van der Waals surface area contributed by atoms with Gasteiger partial charge in [-0.25, -0.2) is 23.2 Å². The summed E-state index contributed by atoms with van der Waals surface area (Å²) >= 11 is 6.24. The van der Waals surface area contributed by atoms with Gasteiger partial charge in [-0.15, -0.1) is 0 Å². The first-order valence-electron chi connectivity index (χ1n) is 13.0. The molecule has 12 atom stereocenters. The van der Waals surface area contributed by atoms with Crippen molar-refractivity contribution in [2.24, 2.45) is 5.92 Å². The number of thioether (sulfide) groups is 1. The van der Waals surface area contributed by atoms with E-state index in [2.05, 4.69) is 9.97 Å². The van der Waals surface area contributed by atoms with E-state index in [1.54, 1.807) is 30.5 Å². The number of alkyl halides is 1. The van der Waals surface area contributed by atoms with Gasteiger partial charge in [0.2, 0.25) is 0 Å². The Bertz CT molecular complexity index is 1310. The van der Waals surface area contributed by atoms with Crippen LogP contribution in [0.25, 0.3) is 0 Å². The number of nitrogens with zero attached hydrogens (tertiary/aromatic N) is 3. The fourth-order valence-electron chi connectivity index (χ4n) is 5.31. The van der Waals surface area contributed by atoms with Gasteiger partial charge in [-0.2, -0.15) is 0 Å². The van der Waals surface area contributed by atoms with Crippen molar-refractivity contribution in [3.63, 3.8) is 0 Å². The van der Waals surface area contributed by atoms with Gasteiger partial charge in [-0.1, -0.05) is 11.8 Å². The summed E-state index contributed by atoms with van der Waals surface area (Å²) < 4.78 is 59.1. The average molecular weight is 709 g/mol. The zero-order valence-corrected chi connectivity index (χ0v) is 27.0. The van der Waals surface area contributed by atoms with Crippen LogP contribution in [-0.2, 0) is 49.5 Å². The van der Waals surface area contributed by atoms with Crippen LogP contribution in [0.4, 0.5) is 10.2 Å². The Balaban J connectivity index is 1.47. The van der Waals surface area contributed by atoms with E-state index in [0.29, 0.717) is 10.6 Å². The molecule has 1 spiro atoms. The highest BCUT2D eigenvalue weighted by atomic mass is 32.5. The number of rotatable bonds is 11. The van der Waals surface area contributed by atoms with E-state index in [1.807, 2.05) is 0 Å². The third-order valence-electron chi connectivity index (χ3n) is 7.37. The van der Waals surface area contributed by atoms with Gasteiger partial charge < -0.3 is 59.6 Å². The number of aromatic nitrogens is 2. The number of ether oxygens (including phenoxy) is 3. The van der Waals surface area contributed by atoms with Gasteiger partial charge in [-0.05, 0) is 37.4 Å². The highest BCUT2D eigenvalue weighted by molar-refractivity contribution is 8.08. The Morgan fingerprint density at radius 3 is 2.61 bits per heavy atom. The van der Waals surface area contributed by atoms with E-state index >= 15 is 0 Å². The standard InChI is InChI=1S/C22H35FN4O13P2S2/c1-27(2)13-12(38-22(19(13)35-3)4-5-44-17-18(22)25-9-26-20(17)24)8-37-42(34,43)40-41(32,33)39-21-16(31)15(30)14(29)10(7-36-21)11(23)6-28/h4-5,9-16,19,21,28-31H,6-8H2,1-3H3,(H,32,33)(H,34,43)(H2,24,25,26)/t10?,11-,12+,13+,14?,15?,16?,19+,21?,22+,42?/m0/s1. The maximum absolute atomic E-state index is 14.0. The molecule has 250 valence electrons. The zero-order valence-electron chi connectivity index (χ0n) is 23.6. The highest BCUT2D eigenvalue weighted by Crippen LogP contribution is 2.62. The molecule has 2 fully saturated rings. The van der Waals surface area contributed by atoms with Gasteiger partial charge in [0.05, 0.1) is 42.6 Å². The highest BCUT2D eigenvalue weighted by Gasteiger charge is 2.59. The molecule has 0 amide bonds. The van der Waals surface area contributed by atoms with Crippen molar-refractivity contribution in [2.45, 2.75) is 59.5 Å². The zero-order chi connectivity index (χ0) is 32.6. The normalized spacial score (nSPS) is 37.3. The summed E-state index contributed by atoms with van der Waals surface area (Å²) in [6.07, 6.45) is -8.91. The summed E-state index contributed by atoms with van der Waals surface area (Å²) in [6.45, 7) is -6.82. The number of aliphatic hydroxyl groups is 4. The van der Waals surface area contributed by atoms with Crippen LogP contribution in [0.2, 0.25) is 0 Å². The van der Waals surface area contributed by atoms with Gasteiger partial charge in [0.1, 0.15) is 42.7 Å². The minimum absolute atomic E-state index is 0.236. The molecule has 44 heavy (non-hydrogen) atoms. The van der Waals surface area contributed by atoms with Crippen LogP contribution in [0.5, 0.6) is 0 Å². The smallest absolute Gasteiger partial charge is 0.393 e. The molecule has 2 saturated heterocycles. The molecule has 0 aliphatic carbocycles. The van der Waals surface area contributed by atoms with Crippen molar-refractivity contribution in [1.29, 1.82) is 0 Å². The molecule has 0 radical (unpaired) electrons. The molecule has 17 nitrogen and oxygen atoms in total. The maximum Gasteiger partial charge on any atom is 0.481 e. The lowest BCUT2D eigenvalue weighted by molar-refractivity contribution is -0.173. The number of aliphatic hydroxyl groups excluding tert-OH is 4. The first kappa shape index (κ1) is 36.1. The number of hydrogen-bond donors (Lipinski definition) is 7. The number of likely N-dealkylation sites (N-methyl/N-ethyl adjacent to an activating group) is 1. The SMILES string of the molecule is CO[C@@H]1[C@H](N(C)C)[C@@H](COP(O)(=S)OP(=O)(O)OC2OCC([C@@H](F)CO)C(O)C(O)C2O)O[C@@]12C=CSc1c(N)ncnc12. The van der Waals surface area contributed by atoms with Gasteiger partial charge in [-0.3, -0.25) is 4.52 Å². The number of halogens is 1. The number of nitrogen functional groups attached to an aromatic ring is 1. The lowest BCUT2D eigenvalue weighted by atomic mass is 9.88. The lowest BCUT2D eigenvalue weighted by Crippen LogP contribution is -2.49. The summed E-state index contributed by atoms with van der Waals surface area (Å²) in [5.41, 5.74) is 5.26. The van der Waals surface area contributed by atoms with Crippen molar-refractivity contribution in [2.75, 3.05) is 46.8 Å². The van der Waals surface area contributed by atoms with E-state index in [0.717, 1.165) is 0 Å². The Hall–Kier alpha value is -0.740. The second-order valence-electron chi connectivity index (χ2n) is 10.4. The molecule has 4 rings (SSSR count). The van der Waals surface area contributed by atoms with E-state index in [9.17, 15) is 34.1 Å². The van der Waals surface area contributed by atoms with Gasteiger partial charge >= 0.3 is 14.5 Å². The summed E-state index contributed by atoms with van der Waals surface area (Å²) in [5.74, 6) is -1.27. The summed E-state index contributed by atoms with van der Waals surface area (Å²) in [7, 11) is -0.416. The third-order valence-corrected chi connectivity index (χ3v) is 11.8. The predicted molar refractivity (Wildman–Crippen MR) is 154 cm³/mol. The number of methoxy groups -OCH3 is 1. The van der Waals surface area contributed by atoms with Gasteiger partial charge in [0.15, 0.2) is 11.9 Å². The molecule has 1 aromatic rings. The number of fused-ring (bicyclic) bond motifs is 2. The summed E-state index contributed by atoms with van der Waals surface area (Å²) in [6, 6.07) is -0.544. The van der Waals surface area contributed by atoms with Crippen LogP contribution in [0.1, 0.15) is 5.69 Å². The predicted octanol–water partition coefficient (Wildman–Crippen LogP) is -1.03. The molecule has 3 aliphatic heterocycles. The van der Waals surface area contributed by atoms with Crippen LogP contribution in [0, 0.1) is 5.92 Å². The number of nitrogens with two attached hydrogens (primary N) is 1. The molecule has 8 N–H and O–H groups in total. The molecule has 0 bridgehead atoms. The third kappa shape index (κ3) is 7.37. The fourth-order valence-corrected chi connectivity index (χ4v) is 9.33. The molecule has 3 aliphatic rings. The lowest BCUT2D eigenvalue weighted by Gasteiger charge is -2.35. The van der Waals surface area contributed by atoms with Crippen LogP contribution in [-0.4, -0.2) is 135 Å². The molecule has 1 aromatic heterocycles. The van der Waals surface area contributed by atoms with Crippen molar-refractivity contribution >= 4 is 43.9 Å². The van der Waals surface area contributed by atoms with Crippen LogP contribution >= 0.6 is 26.3 Å². The van der Waals surface area contributed by atoms with Gasteiger partial charge in [0.25, 0.3) is 0 Å². The average Bonchev–Trinajstić information content (AvgIpc) is 3.23. The van der Waals surface area contributed by atoms with E-state index in [-0.39, 0.29) is 5.82 Å². The molecular weight excluding hydrogens is 673 g/mol. The Morgan fingerprint density at radius 1 is 1.27 bits per heavy atom. The monoisotopic (exact) mass is 708 g/mol. The molecule has 4 heterocycles. The topological polar surface area (TPSA) is 249 Å². The second kappa shape index (κ2) is 14.2. The van der Waals surface area contributed by atoms with E-state index in [1.165, 1.54) is 25.2 Å². The second-order valence-corrected chi connectivity index (χ2v) is 15.7. The molecule has 7 unspecified atom stereocenters.